The highest BCUT2D eigenvalue weighted by atomic mass is 32.2. The first-order valence-electron chi connectivity index (χ1n) is 9.01. The van der Waals surface area contributed by atoms with Gasteiger partial charge in [0.05, 0.1) is 24.7 Å². The van der Waals surface area contributed by atoms with Crippen molar-refractivity contribution in [2.45, 2.75) is 11.1 Å². The second kappa shape index (κ2) is 7.74. The van der Waals surface area contributed by atoms with Crippen LogP contribution in [-0.4, -0.2) is 18.4 Å². The van der Waals surface area contributed by atoms with E-state index in [0.29, 0.717) is 32.5 Å². The van der Waals surface area contributed by atoms with Gasteiger partial charge in [-0.15, -0.1) is 0 Å². The van der Waals surface area contributed by atoms with E-state index in [2.05, 4.69) is 0 Å². The van der Waals surface area contributed by atoms with Gasteiger partial charge in [-0.3, -0.25) is 4.18 Å². The van der Waals surface area contributed by atoms with E-state index in [1.807, 2.05) is 30.3 Å². The molecule has 7 heteroatoms. The molecule has 0 aromatic heterocycles. The summed E-state index contributed by atoms with van der Waals surface area (Å²) in [6, 6.07) is 17.9. The molecule has 30 heavy (non-hydrogen) atoms. The summed E-state index contributed by atoms with van der Waals surface area (Å²) in [5.74, 6) is 0.466. The summed E-state index contributed by atoms with van der Waals surface area (Å²) < 4.78 is 63.0. The molecule has 4 aromatic rings. The molecule has 4 aromatic carbocycles. The Bertz CT molecular complexity index is 1280. The lowest BCUT2D eigenvalue weighted by molar-refractivity contribution is -0.137. The molecular weight excluding hydrogens is 413 g/mol. The van der Waals surface area contributed by atoms with E-state index in [-0.39, 0.29) is 0 Å². The van der Waals surface area contributed by atoms with Gasteiger partial charge >= 0.3 is 6.18 Å². The maximum atomic E-state index is 13.2. The van der Waals surface area contributed by atoms with Gasteiger partial charge in [0.25, 0.3) is 0 Å². The van der Waals surface area contributed by atoms with Gasteiger partial charge < -0.3 is 4.74 Å². The summed E-state index contributed by atoms with van der Waals surface area (Å²) in [5, 5.41) is 2.66. The van der Waals surface area contributed by atoms with Crippen molar-refractivity contribution in [3.63, 3.8) is 0 Å². The van der Waals surface area contributed by atoms with Crippen molar-refractivity contribution in [2.75, 3.05) is 14.2 Å². The standard InChI is InChI=1S/C23H17F3O3S/c1-28-19-11-7-15-13-16(23(24,25)26)9-10-18(15)21(19)22-17-6-4-3-5-14(17)8-12-20(22)30(27)29-2/h3-13H,1-2H3. The third-order valence-electron chi connectivity index (χ3n) is 5.00. The molecule has 0 bridgehead atoms. The maximum absolute atomic E-state index is 13.2. The molecule has 0 spiro atoms. The van der Waals surface area contributed by atoms with Crippen molar-refractivity contribution in [2.24, 2.45) is 0 Å². The van der Waals surface area contributed by atoms with E-state index >= 15 is 0 Å². The Morgan fingerprint density at radius 2 is 1.50 bits per heavy atom. The molecule has 0 aliphatic rings. The lowest BCUT2D eigenvalue weighted by Crippen LogP contribution is -2.04. The molecule has 0 saturated heterocycles. The van der Waals surface area contributed by atoms with Gasteiger partial charge in [-0.1, -0.05) is 42.5 Å². The highest BCUT2D eigenvalue weighted by Gasteiger charge is 2.31. The number of hydrogen-bond acceptors (Lipinski definition) is 3. The van der Waals surface area contributed by atoms with E-state index in [4.69, 9.17) is 8.92 Å². The van der Waals surface area contributed by atoms with Crippen LogP contribution in [0.25, 0.3) is 32.7 Å². The van der Waals surface area contributed by atoms with Crippen LogP contribution >= 0.6 is 0 Å². The van der Waals surface area contributed by atoms with Crippen LogP contribution in [0, 0.1) is 0 Å². The number of rotatable bonds is 4. The Balaban J connectivity index is 2.15. The van der Waals surface area contributed by atoms with E-state index in [9.17, 15) is 17.4 Å². The zero-order valence-corrected chi connectivity index (χ0v) is 16.9. The minimum Gasteiger partial charge on any atom is -0.496 e. The number of methoxy groups -OCH3 is 1. The first-order chi connectivity index (χ1) is 14.3. The quantitative estimate of drug-likeness (QED) is 0.378. The van der Waals surface area contributed by atoms with Gasteiger partial charge in [0.15, 0.2) is 11.1 Å². The molecule has 3 nitrogen and oxygen atoms in total. The summed E-state index contributed by atoms with van der Waals surface area (Å²) in [7, 11) is 2.83. The molecule has 0 saturated carbocycles. The summed E-state index contributed by atoms with van der Waals surface area (Å²) in [5.41, 5.74) is 0.446. The number of hydrogen-bond donors (Lipinski definition) is 0. The van der Waals surface area contributed by atoms with Gasteiger partial charge in [0, 0.05) is 11.1 Å². The second-order valence-electron chi connectivity index (χ2n) is 6.64. The lowest BCUT2D eigenvalue weighted by atomic mass is 9.92. The van der Waals surface area contributed by atoms with Crippen molar-refractivity contribution in [1.82, 2.24) is 0 Å². The van der Waals surface area contributed by atoms with Crippen molar-refractivity contribution in [3.05, 3.63) is 72.3 Å². The average Bonchev–Trinajstić information content (AvgIpc) is 2.76. The summed E-state index contributed by atoms with van der Waals surface area (Å²) >= 11 is -1.77. The number of ether oxygens (including phenoxy) is 1. The highest BCUT2D eigenvalue weighted by molar-refractivity contribution is 7.80. The van der Waals surface area contributed by atoms with Crippen molar-refractivity contribution in [3.8, 4) is 16.9 Å². The van der Waals surface area contributed by atoms with Gasteiger partial charge in [-0.2, -0.15) is 13.2 Å². The molecule has 0 amide bonds. The van der Waals surface area contributed by atoms with E-state index in [1.165, 1.54) is 20.3 Å². The smallest absolute Gasteiger partial charge is 0.416 e. The van der Waals surface area contributed by atoms with E-state index in [1.54, 1.807) is 18.2 Å². The minimum atomic E-state index is -4.45. The Kier molecular flexibility index (Phi) is 5.26. The normalized spacial score (nSPS) is 13.0. The fourth-order valence-corrected chi connectivity index (χ4v) is 4.39. The second-order valence-corrected chi connectivity index (χ2v) is 7.88. The molecule has 0 aliphatic heterocycles. The zero-order valence-electron chi connectivity index (χ0n) is 16.1. The number of halogens is 3. The number of alkyl halides is 3. The predicted octanol–water partition coefficient (Wildman–Crippen LogP) is 6.36. The average molecular weight is 430 g/mol. The molecule has 4 rings (SSSR count). The predicted molar refractivity (Wildman–Crippen MR) is 112 cm³/mol. The van der Waals surface area contributed by atoms with Crippen LogP contribution in [0.5, 0.6) is 5.75 Å². The van der Waals surface area contributed by atoms with Crippen LogP contribution in [0.3, 0.4) is 0 Å². The Morgan fingerprint density at radius 1 is 0.800 bits per heavy atom. The topological polar surface area (TPSA) is 35.5 Å². The summed E-state index contributed by atoms with van der Waals surface area (Å²) in [6.45, 7) is 0. The Morgan fingerprint density at radius 3 is 2.20 bits per heavy atom. The fourth-order valence-electron chi connectivity index (χ4n) is 3.65. The van der Waals surface area contributed by atoms with Crippen LogP contribution in [-0.2, 0) is 21.4 Å². The Labute approximate surface area is 173 Å². The van der Waals surface area contributed by atoms with Gasteiger partial charge in [0.2, 0.25) is 0 Å². The molecule has 0 radical (unpaired) electrons. The van der Waals surface area contributed by atoms with Gasteiger partial charge in [0.1, 0.15) is 5.75 Å². The van der Waals surface area contributed by atoms with Crippen LogP contribution < -0.4 is 4.74 Å². The molecule has 1 unspecified atom stereocenters. The monoisotopic (exact) mass is 430 g/mol. The molecule has 0 N–H and O–H groups in total. The molecule has 0 fully saturated rings. The van der Waals surface area contributed by atoms with Crippen LogP contribution in [0.1, 0.15) is 5.56 Å². The summed E-state index contributed by atoms with van der Waals surface area (Å²) in [4.78, 5) is 0.418. The third kappa shape index (κ3) is 3.44. The highest BCUT2D eigenvalue weighted by Crippen LogP contribution is 2.44. The summed E-state index contributed by atoms with van der Waals surface area (Å²) in [6.07, 6.45) is -4.45. The van der Waals surface area contributed by atoms with Crippen molar-refractivity contribution >= 4 is 32.6 Å². The van der Waals surface area contributed by atoms with Crippen LogP contribution in [0.4, 0.5) is 13.2 Å². The zero-order chi connectivity index (χ0) is 21.5. The minimum absolute atomic E-state index is 0.405. The maximum Gasteiger partial charge on any atom is 0.416 e. The first-order valence-corrected chi connectivity index (χ1v) is 10.1. The third-order valence-corrected chi connectivity index (χ3v) is 6.00. The molecule has 0 aliphatic carbocycles. The van der Waals surface area contributed by atoms with Crippen LogP contribution in [0.15, 0.2) is 71.6 Å². The Hall–Kier alpha value is -2.90. The van der Waals surface area contributed by atoms with Gasteiger partial charge in [-0.25, -0.2) is 4.21 Å². The van der Waals surface area contributed by atoms with Crippen molar-refractivity contribution in [1.29, 1.82) is 0 Å². The number of benzene rings is 4. The van der Waals surface area contributed by atoms with Crippen molar-refractivity contribution < 1.29 is 26.3 Å². The van der Waals surface area contributed by atoms with Crippen LogP contribution in [0.2, 0.25) is 0 Å². The fraction of sp³-hybridized carbons (Fsp3) is 0.130. The largest absolute Gasteiger partial charge is 0.496 e. The van der Waals surface area contributed by atoms with E-state index < -0.39 is 22.8 Å². The first kappa shape index (κ1) is 20.4. The molecule has 154 valence electrons. The molecular formula is C23H17F3O3S. The van der Waals surface area contributed by atoms with E-state index in [0.717, 1.165) is 22.9 Å². The number of fused-ring (bicyclic) bond motifs is 2. The SMILES string of the molecule is COc1ccc2cc(C(F)(F)F)ccc2c1-c1c(S(=O)OC)ccc2ccccc12. The molecule has 0 heterocycles. The van der Waals surface area contributed by atoms with Gasteiger partial charge in [-0.05, 0) is 45.8 Å². The lowest BCUT2D eigenvalue weighted by Gasteiger charge is -2.18. The molecule has 1 atom stereocenters.